The number of carbonyl (C=O) groups excluding carboxylic acids is 1. The van der Waals surface area contributed by atoms with Crippen molar-refractivity contribution in [1.29, 1.82) is 0 Å². The summed E-state index contributed by atoms with van der Waals surface area (Å²) < 4.78 is 0. The first-order valence-electron chi connectivity index (χ1n) is 8.13. The molecule has 0 rings (SSSR count). The van der Waals surface area contributed by atoms with Gasteiger partial charge in [-0.2, -0.15) is 0 Å². The van der Waals surface area contributed by atoms with Gasteiger partial charge in [0.2, 0.25) is 5.91 Å². The molecule has 1 unspecified atom stereocenters. The van der Waals surface area contributed by atoms with Crippen LogP contribution in [0.1, 0.15) is 84.5 Å². The molecule has 20 heavy (non-hydrogen) atoms. The second-order valence-electron chi connectivity index (χ2n) is 5.58. The number of amides is 1. The fourth-order valence-electron chi connectivity index (χ4n) is 2.31. The second-order valence-corrected chi connectivity index (χ2v) is 5.58. The van der Waals surface area contributed by atoms with E-state index in [0.29, 0.717) is 0 Å². The van der Waals surface area contributed by atoms with Gasteiger partial charge in [0.1, 0.15) is 0 Å². The van der Waals surface area contributed by atoms with Crippen molar-refractivity contribution in [3.05, 3.63) is 12.7 Å². The zero-order valence-electron chi connectivity index (χ0n) is 13.0. The minimum atomic E-state index is -0.0559. The molecule has 0 aliphatic rings. The molecule has 0 saturated carbocycles. The number of hydrogen-bond acceptors (Lipinski definition) is 1. The predicted octanol–water partition coefficient (Wildman–Crippen LogP) is 4.34. The zero-order chi connectivity index (χ0) is 14.3. The van der Waals surface area contributed by atoms with Crippen LogP contribution in [0.4, 0.5) is 0 Å². The van der Waals surface area contributed by atoms with Crippen LogP contribution in [-0.4, -0.2) is 41.5 Å². The van der Waals surface area contributed by atoms with E-state index in [1.54, 1.807) is 0 Å². The topological polar surface area (TPSA) is 29.1 Å². The molecule has 1 N–H and O–H groups in total. The molecule has 114 valence electrons. The molecule has 2 nitrogen and oxygen atoms in total. The summed E-state index contributed by atoms with van der Waals surface area (Å²) in [6, 6.07) is 0.277. The Labute approximate surface area is 148 Å². The molecule has 0 bridgehead atoms. The van der Waals surface area contributed by atoms with Crippen LogP contribution in [-0.2, 0) is 4.79 Å². The Morgan fingerprint density at radius 2 is 1.45 bits per heavy atom. The Balaban J connectivity index is 0. The van der Waals surface area contributed by atoms with E-state index in [9.17, 15) is 4.79 Å². The third kappa shape index (κ3) is 16.3. The predicted molar refractivity (Wildman–Crippen MR) is 91.4 cm³/mol. The van der Waals surface area contributed by atoms with Gasteiger partial charge in [-0.3, -0.25) is 4.79 Å². The van der Waals surface area contributed by atoms with E-state index >= 15 is 0 Å². The summed E-state index contributed by atoms with van der Waals surface area (Å²) in [5.74, 6) is -0.0559. The maximum absolute atomic E-state index is 11.1. The Morgan fingerprint density at radius 3 is 1.90 bits per heavy atom. The van der Waals surface area contributed by atoms with Crippen molar-refractivity contribution in [2.75, 3.05) is 0 Å². The summed E-state index contributed by atoms with van der Waals surface area (Å²) in [6.07, 6.45) is 16.0. The van der Waals surface area contributed by atoms with Gasteiger partial charge in [-0.1, -0.05) is 77.7 Å². The van der Waals surface area contributed by atoms with Crippen molar-refractivity contribution in [3.8, 4) is 0 Å². The molecule has 0 radical (unpaired) electrons. The standard InChI is InChI=1S/C17H33NO.Na.H/c1-4-6-7-8-9-10-11-12-13-14-15-16(3)18-17(19)5-2;;/h5,16H,2,4,6-15H2,1,3H3,(H,18,19);;. The van der Waals surface area contributed by atoms with Crippen LogP contribution < -0.4 is 5.32 Å². The molecular weight excluding hydrogens is 257 g/mol. The van der Waals surface area contributed by atoms with E-state index < -0.39 is 0 Å². The van der Waals surface area contributed by atoms with Crippen LogP contribution in [0.3, 0.4) is 0 Å². The Bertz CT molecular complexity index is 231. The van der Waals surface area contributed by atoms with Gasteiger partial charge in [0, 0.05) is 6.04 Å². The van der Waals surface area contributed by atoms with E-state index in [-0.39, 0.29) is 41.5 Å². The van der Waals surface area contributed by atoms with E-state index in [0.717, 1.165) is 6.42 Å². The van der Waals surface area contributed by atoms with Crippen LogP contribution in [0.25, 0.3) is 0 Å². The fraction of sp³-hybridized carbons (Fsp3) is 0.824. The molecule has 0 aliphatic heterocycles. The zero-order valence-corrected chi connectivity index (χ0v) is 13.0. The molecule has 0 spiro atoms. The molecule has 0 heterocycles. The van der Waals surface area contributed by atoms with Crippen LogP contribution in [0, 0.1) is 0 Å². The van der Waals surface area contributed by atoms with Crippen molar-refractivity contribution >= 4 is 35.5 Å². The number of nitrogens with one attached hydrogen (secondary N) is 1. The quantitative estimate of drug-likeness (QED) is 0.305. The summed E-state index contributed by atoms with van der Waals surface area (Å²) >= 11 is 0. The third-order valence-electron chi connectivity index (χ3n) is 3.56. The molecule has 0 saturated heterocycles. The number of rotatable bonds is 13. The maximum atomic E-state index is 11.1. The minimum absolute atomic E-state index is 0. The number of carbonyl (C=O) groups is 1. The monoisotopic (exact) mass is 291 g/mol. The van der Waals surface area contributed by atoms with E-state index in [1.165, 1.54) is 70.3 Å². The summed E-state index contributed by atoms with van der Waals surface area (Å²) in [7, 11) is 0. The molecular formula is C17H34NNaO. The van der Waals surface area contributed by atoms with Crippen molar-refractivity contribution in [2.24, 2.45) is 0 Å². The van der Waals surface area contributed by atoms with Gasteiger partial charge in [-0.25, -0.2) is 0 Å². The van der Waals surface area contributed by atoms with Gasteiger partial charge >= 0.3 is 29.6 Å². The van der Waals surface area contributed by atoms with Gasteiger partial charge in [-0.15, -0.1) is 0 Å². The Hall–Kier alpha value is 0.210. The fourth-order valence-corrected chi connectivity index (χ4v) is 2.31. The summed E-state index contributed by atoms with van der Waals surface area (Å²) in [4.78, 5) is 11.1. The van der Waals surface area contributed by atoms with Gasteiger partial charge in [0.05, 0.1) is 0 Å². The summed E-state index contributed by atoms with van der Waals surface area (Å²) in [5.41, 5.74) is 0. The average molecular weight is 291 g/mol. The number of hydrogen-bond donors (Lipinski definition) is 1. The summed E-state index contributed by atoms with van der Waals surface area (Å²) in [5, 5.41) is 2.90. The SMILES string of the molecule is C=CC(=O)NC(C)CCCCCCCCCCCC.[NaH]. The van der Waals surface area contributed by atoms with Crippen LogP contribution >= 0.6 is 0 Å². The first kappa shape index (κ1) is 22.5. The van der Waals surface area contributed by atoms with Crippen molar-refractivity contribution in [3.63, 3.8) is 0 Å². The van der Waals surface area contributed by atoms with Crippen molar-refractivity contribution in [1.82, 2.24) is 5.32 Å². The number of unbranched alkanes of at least 4 members (excludes halogenated alkanes) is 9. The molecule has 0 aromatic heterocycles. The van der Waals surface area contributed by atoms with Crippen molar-refractivity contribution < 1.29 is 4.79 Å². The second kappa shape index (κ2) is 17.3. The van der Waals surface area contributed by atoms with E-state index in [1.807, 2.05) is 0 Å². The molecule has 0 aliphatic carbocycles. The Kier molecular flexibility index (Phi) is 19.4. The Morgan fingerprint density at radius 1 is 1.00 bits per heavy atom. The molecule has 3 heteroatoms. The molecule has 0 fully saturated rings. The van der Waals surface area contributed by atoms with Crippen LogP contribution in [0.15, 0.2) is 12.7 Å². The molecule has 0 aromatic rings. The van der Waals surface area contributed by atoms with Gasteiger partial charge in [-0.05, 0) is 19.4 Å². The van der Waals surface area contributed by atoms with Gasteiger partial charge in [0.25, 0.3) is 0 Å². The summed E-state index contributed by atoms with van der Waals surface area (Å²) in [6.45, 7) is 7.79. The molecule has 1 amide bonds. The normalized spacial score (nSPS) is 11.5. The average Bonchev–Trinajstić information content (AvgIpc) is 2.40. The van der Waals surface area contributed by atoms with Gasteiger partial charge in [0.15, 0.2) is 0 Å². The first-order valence-corrected chi connectivity index (χ1v) is 8.13. The molecule has 0 aromatic carbocycles. The van der Waals surface area contributed by atoms with Crippen LogP contribution in [0.5, 0.6) is 0 Å². The first-order chi connectivity index (χ1) is 9.20. The van der Waals surface area contributed by atoms with Crippen molar-refractivity contribution in [2.45, 2.75) is 90.5 Å². The third-order valence-corrected chi connectivity index (χ3v) is 3.56. The van der Waals surface area contributed by atoms with E-state index in [4.69, 9.17) is 0 Å². The molecule has 1 atom stereocenters. The van der Waals surface area contributed by atoms with Gasteiger partial charge < -0.3 is 5.32 Å². The van der Waals surface area contributed by atoms with Crippen LogP contribution in [0.2, 0.25) is 0 Å². The van der Waals surface area contributed by atoms with E-state index in [2.05, 4.69) is 25.7 Å².